The molecule has 1 aliphatic rings. The number of carbonyl (C=O) groups is 1. The van der Waals surface area contributed by atoms with Crippen LogP contribution in [0, 0.1) is 0 Å². The molecular weight excluding hydrogens is 464 g/mol. The van der Waals surface area contributed by atoms with Gasteiger partial charge in [-0.3, -0.25) is 4.55 Å². The van der Waals surface area contributed by atoms with Gasteiger partial charge in [0, 0.05) is 35.3 Å². The molecule has 2 aromatic rings. The minimum absolute atomic E-state index is 0. The Labute approximate surface area is 215 Å². The molecule has 0 fully saturated rings. The molecule has 2 atom stereocenters. The smallest absolute Gasteiger partial charge is 0.748 e. The summed E-state index contributed by atoms with van der Waals surface area (Å²) >= 11 is 0. The van der Waals surface area contributed by atoms with Gasteiger partial charge in [0.15, 0.2) is 0 Å². The maximum atomic E-state index is 12.2. The van der Waals surface area contributed by atoms with Gasteiger partial charge in [-0.05, 0) is 24.5 Å². The number of rotatable bonds is 5. The van der Waals surface area contributed by atoms with Gasteiger partial charge in [-0.15, -0.1) is 0 Å². The molecule has 0 saturated carbocycles. The summed E-state index contributed by atoms with van der Waals surface area (Å²) in [4.78, 5) is 22.5. The van der Waals surface area contributed by atoms with E-state index in [2.05, 4.69) is 0 Å². The Balaban J connectivity index is 0.00000225. The van der Waals surface area contributed by atoms with E-state index in [1.807, 2.05) is 0 Å². The summed E-state index contributed by atoms with van der Waals surface area (Å²) in [6.07, 6.45) is -1.16. The van der Waals surface area contributed by atoms with Crippen molar-refractivity contribution in [2.45, 2.75) is 35.3 Å². The van der Waals surface area contributed by atoms with Gasteiger partial charge in [-0.2, -0.15) is 8.42 Å². The maximum absolute atomic E-state index is 12.2. The molecule has 0 saturated heterocycles. The van der Waals surface area contributed by atoms with Crippen LogP contribution in [0.15, 0.2) is 26.2 Å². The van der Waals surface area contributed by atoms with Gasteiger partial charge in [-0.25, -0.2) is 13.2 Å². The van der Waals surface area contributed by atoms with Crippen LogP contribution in [-0.4, -0.2) is 37.2 Å². The number of carboxylic acid groups (broad SMARTS) is 1. The summed E-state index contributed by atoms with van der Waals surface area (Å²) in [5, 5.41) is 8.96. The largest absolute Gasteiger partial charge is 1.00 e. The molecule has 1 aromatic carbocycles. The van der Waals surface area contributed by atoms with E-state index in [1.165, 1.54) is 0 Å². The van der Waals surface area contributed by atoms with Gasteiger partial charge in [0.05, 0.1) is 21.1 Å². The van der Waals surface area contributed by atoms with Crippen molar-refractivity contribution in [1.82, 2.24) is 0 Å². The third kappa shape index (κ3) is 5.28. The van der Waals surface area contributed by atoms with E-state index >= 15 is 0 Å². The van der Waals surface area contributed by atoms with Crippen LogP contribution in [0.25, 0.3) is 11.0 Å². The molecule has 1 aromatic heterocycles. The number of carbonyl (C=O) groups excluding carboxylic acids is 1. The molecule has 0 spiro atoms. The zero-order chi connectivity index (χ0) is 21.0. The van der Waals surface area contributed by atoms with Crippen LogP contribution in [0.3, 0.4) is 0 Å². The fourth-order valence-corrected chi connectivity index (χ4v) is 5.25. The van der Waals surface area contributed by atoms with Gasteiger partial charge in [-0.1, -0.05) is 0 Å². The number of nitrogen functional groups attached to an aromatic ring is 1. The molecule has 0 aliphatic heterocycles. The van der Waals surface area contributed by atoms with Crippen molar-refractivity contribution in [2.24, 2.45) is 0 Å². The maximum Gasteiger partial charge on any atom is 1.00 e. The molecule has 0 amide bonds. The van der Waals surface area contributed by atoms with Crippen molar-refractivity contribution in [2.75, 3.05) is 5.73 Å². The number of aliphatic carboxylic acids is 1. The normalized spacial score (nSPS) is 16.9. The number of carboxylic acids is 1. The Morgan fingerprint density at radius 3 is 2.37 bits per heavy atom. The van der Waals surface area contributed by atoms with Gasteiger partial charge < -0.3 is 24.6 Å². The van der Waals surface area contributed by atoms with Crippen molar-refractivity contribution in [3.63, 3.8) is 0 Å². The van der Waals surface area contributed by atoms with Crippen LogP contribution in [-0.2, 0) is 31.5 Å². The predicted molar refractivity (Wildman–Crippen MR) is 90.9 cm³/mol. The molecular formula is C15H13NNa2O10S2. The van der Waals surface area contributed by atoms with Crippen LogP contribution in [0.5, 0.6) is 0 Å². The molecule has 2 unspecified atom stereocenters. The number of benzene rings is 1. The zero-order valence-electron chi connectivity index (χ0n) is 15.9. The number of fused-ring (bicyclic) bond motifs is 3. The standard InChI is InChI=1S/C15H15NO10S2.2Na/c16-9-4-10-8(3-12(9)28(23,24)25)14-6(1-2-7(14)15(19)26-10)11(5-13(17)18)27(20,21)22;;/h3-4,6,11H,1-2,5,16H2,(H,17,18)(H,20,21,22)(H,23,24,25);;/q;2*+1/p-2. The fourth-order valence-electron chi connectivity index (χ4n) is 3.61. The Morgan fingerprint density at radius 2 is 1.87 bits per heavy atom. The monoisotopic (exact) mass is 477 g/mol. The van der Waals surface area contributed by atoms with Gasteiger partial charge in [0.25, 0.3) is 10.1 Å². The molecule has 1 aliphatic carbocycles. The third-order valence-electron chi connectivity index (χ3n) is 4.72. The van der Waals surface area contributed by atoms with E-state index < -0.39 is 60.0 Å². The molecule has 0 radical (unpaired) electrons. The van der Waals surface area contributed by atoms with Crippen LogP contribution < -0.4 is 75.6 Å². The van der Waals surface area contributed by atoms with Crippen LogP contribution >= 0.6 is 0 Å². The fraction of sp³-hybridized carbons (Fsp3) is 0.333. The van der Waals surface area contributed by atoms with Crippen molar-refractivity contribution in [3.05, 3.63) is 33.7 Å². The summed E-state index contributed by atoms with van der Waals surface area (Å²) in [6.45, 7) is 0. The minimum Gasteiger partial charge on any atom is -0.748 e. The molecule has 3 N–H and O–H groups in total. The SMILES string of the molecule is Nc1cc2oc(=O)c3c(c2cc1S(=O)(=O)O)C(C(CC(=O)[O-])S(=O)(=O)[O-])CC3.[Na+].[Na+]. The summed E-state index contributed by atoms with van der Waals surface area (Å²) < 4.78 is 72.5. The summed E-state index contributed by atoms with van der Waals surface area (Å²) in [7, 11) is -9.88. The van der Waals surface area contributed by atoms with Crippen molar-refractivity contribution in [3.8, 4) is 0 Å². The van der Waals surface area contributed by atoms with Crippen LogP contribution in [0.4, 0.5) is 5.69 Å². The Morgan fingerprint density at radius 1 is 1.27 bits per heavy atom. The first-order valence-electron chi connectivity index (χ1n) is 7.82. The first kappa shape index (κ1) is 27.6. The van der Waals surface area contributed by atoms with Crippen molar-refractivity contribution < 1.29 is 99.4 Å². The molecule has 1 heterocycles. The Hall–Kier alpha value is -0.480. The predicted octanol–water partition coefficient (Wildman–Crippen LogP) is -7.29. The summed E-state index contributed by atoms with van der Waals surface area (Å²) in [5.41, 5.74) is 4.08. The van der Waals surface area contributed by atoms with E-state index in [9.17, 15) is 40.6 Å². The second-order valence-corrected chi connectivity index (χ2v) is 9.38. The van der Waals surface area contributed by atoms with Gasteiger partial charge in [0.1, 0.15) is 10.5 Å². The average Bonchev–Trinajstić information content (AvgIpc) is 2.95. The van der Waals surface area contributed by atoms with Crippen LogP contribution in [0.1, 0.15) is 29.9 Å². The average molecular weight is 477 g/mol. The van der Waals surface area contributed by atoms with Crippen LogP contribution in [0.2, 0.25) is 0 Å². The van der Waals surface area contributed by atoms with E-state index in [4.69, 9.17) is 10.2 Å². The Kier molecular flexibility index (Phi) is 8.79. The first-order chi connectivity index (χ1) is 12.8. The first-order valence-corrected chi connectivity index (χ1v) is 10.7. The minimum atomic E-state index is -5.11. The molecule has 0 bridgehead atoms. The van der Waals surface area contributed by atoms with E-state index in [0.717, 1.165) is 12.1 Å². The summed E-state index contributed by atoms with van der Waals surface area (Å²) in [5.74, 6) is -2.98. The number of nitrogens with two attached hydrogens (primary N) is 1. The molecule has 152 valence electrons. The van der Waals surface area contributed by atoms with Gasteiger partial charge >= 0.3 is 64.7 Å². The second kappa shape index (κ2) is 9.57. The molecule has 15 heteroatoms. The third-order valence-corrected chi connectivity index (χ3v) is 6.86. The topological polar surface area (TPSA) is 208 Å². The van der Waals surface area contributed by atoms with Crippen molar-refractivity contribution >= 4 is 42.9 Å². The van der Waals surface area contributed by atoms with E-state index in [-0.39, 0.29) is 94.1 Å². The molecule has 30 heavy (non-hydrogen) atoms. The van der Waals surface area contributed by atoms with Crippen molar-refractivity contribution in [1.29, 1.82) is 0 Å². The van der Waals surface area contributed by atoms with Gasteiger partial charge in [0.2, 0.25) is 0 Å². The van der Waals surface area contributed by atoms with E-state index in [1.54, 1.807) is 0 Å². The quantitative estimate of drug-likeness (QED) is 0.179. The Bertz CT molecular complexity index is 1270. The van der Waals surface area contributed by atoms with E-state index in [0.29, 0.717) is 0 Å². The second-order valence-electron chi connectivity index (χ2n) is 6.40. The molecule has 3 rings (SSSR count). The molecule has 11 nitrogen and oxygen atoms in total. The number of hydrogen-bond acceptors (Lipinski definition) is 10. The summed E-state index contributed by atoms with van der Waals surface area (Å²) in [6, 6.07) is 1.86. The zero-order valence-corrected chi connectivity index (χ0v) is 21.6. The number of anilines is 1. The number of hydrogen-bond donors (Lipinski definition) is 2.